The van der Waals surface area contributed by atoms with Gasteiger partial charge in [0, 0.05) is 48.4 Å². The summed E-state index contributed by atoms with van der Waals surface area (Å²) in [6.07, 6.45) is 0. The smallest absolute Gasteiger partial charge is 0.138 e. The summed E-state index contributed by atoms with van der Waals surface area (Å²) >= 11 is 1.85. The lowest BCUT2D eigenvalue weighted by Gasteiger charge is -2.26. The van der Waals surface area contributed by atoms with Crippen molar-refractivity contribution in [2.24, 2.45) is 0 Å². The molecule has 0 aliphatic carbocycles. The summed E-state index contributed by atoms with van der Waals surface area (Å²) in [7, 11) is 0. The Morgan fingerprint density at radius 2 is 0.982 bits per heavy atom. The Morgan fingerprint density at radius 1 is 0.327 bits per heavy atom. The third-order valence-corrected chi connectivity index (χ3v) is 12.5. The summed E-state index contributed by atoms with van der Waals surface area (Å²) < 4.78 is 9.38. The van der Waals surface area contributed by atoms with Crippen LogP contribution in [0.3, 0.4) is 0 Å². The molecule has 2 heterocycles. The molecule has 12 aromatic rings. The average Bonchev–Trinajstić information content (AvgIpc) is 3.81. The summed E-state index contributed by atoms with van der Waals surface area (Å²) in [5.41, 5.74) is 7.32. The van der Waals surface area contributed by atoms with Gasteiger partial charge in [-0.3, -0.25) is 0 Å². The highest BCUT2D eigenvalue weighted by Gasteiger charge is 2.23. The van der Waals surface area contributed by atoms with E-state index in [0.717, 1.165) is 44.6 Å². The molecule has 0 unspecified atom stereocenters. The van der Waals surface area contributed by atoms with Gasteiger partial charge in [-0.15, -0.1) is 11.3 Å². The van der Waals surface area contributed by atoms with Gasteiger partial charge in [0.15, 0.2) is 0 Å². The van der Waals surface area contributed by atoms with E-state index in [-0.39, 0.29) is 0 Å². The van der Waals surface area contributed by atoms with Crippen LogP contribution in [0.2, 0.25) is 0 Å². The van der Waals surface area contributed by atoms with Crippen LogP contribution in [0.4, 0.5) is 17.1 Å². The Bertz CT molecular complexity index is 3500. The number of furan rings is 1. The molecule has 0 amide bonds. The number of nitrogens with zero attached hydrogens (tertiary/aromatic N) is 1. The molecule has 10 aromatic carbocycles. The Labute approximate surface area is 320 Å². The molecule has 0 spiro atoms. The van der Waals surface area contributed by atoms with Gasteiger partial charge in [-0.25, -0.2) is 0 Å². The van der Waals surface area contributed by atoms with Gasteiger partial charge in [-0.1, -0.05) is 127 Å². The van der Waals surface area contributed by atoms with Crippen LogP contribution in [0.25, 0.3) is 96.3 Å². The lowest BCUT2D eigenvalue weighted by Crippen LogP contribution is -2.10. The maximum atomic E-state index is 6.80. The molecule has 0 aliphatic rings. The lowest BCUT2D eigenvalue weighted by atomic mass is 9.87. The fourth-order valence-corrected chi connectivity index (χ4v) is 10.1. The fourth-order valence-electron chi connectivity index (χ4n) is 8.97. The van der Waals surface area contributed by atoms with Gasteiger partial charge in [0.25, 0.3) is 0 Å². The summed E-state index contributed by atoms with van der Waals surface area (Å²) in [6.45, 7) is 0. The molecule has 0 radical (unpaired) electrons. The minimum absolute atomic E-state index is 0.865. The molecule has 0 saturated heterocycles. The highest BCUT2D eigenvalue weighted by atomic mass is 32.1. The first kappa shape index (κ1) is 30.5. The van der Waals surface area contributed by atoms with Gasteiger partial charge >= 0.3 is 0 Å². The number of anilines is 3. The molecule has 12 rings (SSSR count). The molecule has 0 atom stereocenters. The first-order valence-electron chi connectivity index (χ1n) is 18.7. The molecule has 256 valence electrons. The van der Waals surface area contributed by atoms with Crippen LogP contribution >= 0.6 is 11.3 Å². The van der Waals surface area contributed by atoms with Gasteiger partial charge in [-0.2, -0.15) is 0 Å². The maximum absolute atomic E-state index is 6.80. The van der Waals surface area contributed by atoms with E-state index in [1.165, 1.54) is 68.8 Å². The van der Waals surface area contributed by atoms with Crippen LogP contribution in [0.15, 0.2) is 192 Å². The van der Waals surface area contributed by atoms with E-state index in [1.54, 1.807) is 0 Å². The monoisotopic (exact) mass is 717 g/mol. The predicted octanol–water partition coefficient (Wildman–Crippen LogP) is 15.7. The standard InChI is InChI=1S/C52H31NOS/c1-2-14-35(15-3-1)53(36-25-27-49-44(29-36)40-18-9-11-21-48(40)55-49)37-30-45(51-42-19-8-10-20-46(42)54-47(51)31-37)43-28-34-23-22-32-12-4-6-16-38(32)50(34)52-39-17-7-5-13-33(39)24-26-41(43)52/h1-31H. The second-order valence-electron chi connectivity index (χ2n) is 14.4. The van der Waals surface area contributed by atoms with Gasteiger partial charge in [0.1, 0.15) is 11.2 Å². The van der Waals surface area contributed by atoms with Crippen molar-refractivity contribution in [3.8, 4) is 11.1 Å². The van der Waals surface area contributed by atoms with Crippen molar-refractivity contribution in [3.05, 3.63) is 188 Å². The van der Waals surface area contributed by atoms with Gasteiger partial charge < -0.3 is 9.32 Å². The van der Waals surface area contributed by atoms with E-state index in [9.17, 15) is 0 Å². The Hall–Kier alpha value is -6.94. The Morgan fingerprint density at radius 3 is 1.82 bits per heavy atom. The molecule has 3 heteroatoms. The normalized spacial score (nSPS) is 12.0. The van der Waals surface area contributed by atoms with Crippen LogP contribution < -0.4 is 4.90 Å². The summed E-state index contributed by atoms with van der Waals surface area (Å²) in [5.74, 6) is 0. The largest absolute Gasteiger partial charge is 0.456 e. The second kappa shape index (κ2) is 11.8. The summed E-state index contributed by atoms with van der Waals surface area (Å²) in [5, 5.41) is 14.8. The topological polar surface area (TPSA) is 16.4 Å². The molecular formula is C52H31NOS. The first-order chi connectivity index (χ1) is 27.3. The van der Waals surface area contributed by atoms with Crippen LogP contribution in [0.5, 0.6) is 0 Å². The van der Waals surface area contributed by atoms with Crippen molar-refractivity contribution < 1.29 is 4.42 Å². The van der Waals surface area contributed by atoms with E-state index in [1.807, 2.05) is 11.3 Å². The summed E-state index contributed by atoms with van der Waals surface area (Å²) in [6, 6.07) is 68.6. The zero-order valence-corrected chi connectivity index (χ0v) is 30.5. The van der Waals surface area contributed by atoms with Crippen molar-refractivity contribution >= 4 is 114 Å². The van der Waals surface area contributed by atoms with E-state index in [0.29, 0.717) is 0 Å². The third-order valence-electron chi connectivity index (χ3n) is 11.4. The van der Waals surface area contributed by atoms with E-state index < -0.39 is 0 Å². The van der Waals surface area contributed by atoms with Crippen LogP contribution in [0.1, 0.15) is 0 Å². The van der Waals surface area contributed by atoms with Crippen molar-refractivity contribution in [2.45, 2.75) is 0 Å². The van der Waals surface area contributed by atoms with Crippen LogP contribution in [-0.2, 0) is 0 Å². The minimum atomic E-state index is 0.865. The van der Waals surface area contributed by atoms with Crippen molar-refractivity contribution in [1.82, 2.24) is 0 Å². The molecule has 2 nitrogen and oxygen atoms in total. The Kier molecular flexibility index (Phi) is 6.54. The quantitative estimate of drug-likeness (QED) is 0.169. The van der Waals surface area contributed by atoms with E-state index in [2.05, 4.69) is 193 Å². The van der Waals surface area contributed by atoms with Gasteiger partial charge in [0.05, 0.1) is 5.69 Å². The zero-order valence-electron chi connectivity index (χ0n) is 29.7. The number of para-hydroxylation sites is 2. The predicted molar refractivity (Wildman–Crippen MR) is 237 cm³/mol. The number of rotatable bonds is 4. The number of thiophene rings is 1. The molecule has 2 aromatic heterocycles. The molecule has 55 heavy (non-hydrogen) atoms. The van der Waals surface area contributed by atoms with Crippen molar-refractivity contribution in [1.29, 1.82) is 0 Å². The molecule has 0 fully saturated rings. The second-order valence-corrected chi connectivity index (χ2v) is 15.5. The van der Waals surface area contributed by atoms with Crippen molar-refractivity contribution in [2.75, 3.05) is 4.90 Å². The zero-order chi connectivity index (χ0) is 36.0. The van der Waals surface area contributed by atoms with Crippen LogP contribution in [0, 0.1) is 0 Å². The molecule has 0 aliphatic heterocycles. The number of benzene rings is 10. The van der Waals surface area contributed by atoms with Crippen molar-refractivity contribution in [3.63, 3.8) is 0 Å². The maximum Gasteiger partial charge on any atom is 0.138 e. The molecule has 0 saturated carbocycles. The van der Waals surface area contributed by atoms with Gasteiger partial charge in [0.2, 0.25) is 0 Å². The SMILES string of the molecule is c1ccc(N(c2cc(-c3cc4ccc5ccccc5c4c4c3ccc3ccccc34)c3c(c2)oc2ccccc23)c2ccc3sc4ccccc4c3c2)cc1. The molecule has 0 bridgehead atoms. The van der Waals surface area contributed by atoms with Crippen LogP contribution in [-0.4, -0.2) is 0 Å². The van der Waals surface area contributed by atoms with E-state index >= 15 is 0 Å². The van der Waals surface area contributed by atoms with Gasteiger partial charge in [-0.05, 0) is 109 Å². The molecule has 0 N–H and O–H groups in total. The highest BCUT2D eigenvalue weighted by molar-refractivity contribution is 7.25. The average molecular weight is 718 g/mol. The highest BCUT2D eigenvalue weighted by Crippen LogP contribution is 2.48. The fraction of sp³-hybridized carbons (Fsp3) is 0. The Balaban J connectivity index is 1.21. The number of fused-ring (bicyclic) bond motifs is 13. The minimum Gasteiger partial charge on any atom is -0.456 e. The summed E-state index contributed by atoms with van der Waals surface area (Å²) in [4.78, 5) is 2.38. The first-order valence-corrected chi connectivity index (χ1v) is 19.6. The number of hydrogen-bond donors (Lipinski definition) is 0. The number of hydrogen-bond acceptors (Lipinski definition) is 3. The molecular weight excluding hydrogens is 687 g/mol. The third kappa shape index (κ3) is 4.60. The lowest BCUT2D eigenvalue weighted by molar-refractivity contribution is 0.669. The van der Waals surface area contributed by atoms with E-state index in [4.69, 9.17) is 4.42 Å².